The van der Waals surface area contributed by atoms with Crippen LogP contribution in [0.1, 0.15) is 61.1 Å². The zero-order chi connectivity index (χ0) is 28.0. The van der Waals surface area contributed by atoms with E-state index >= 15 is 0 Å². The molecule has 2 aromatic rings. The number of methoxy groups -OCH3 is 1. The lowest BCUT2D eigenvalue weighted by molar-refractivity contribution is -0.138. The van der Waals surface area contributed by atoms with Gasteiger partial charge in [0.1, 0.15) is 0 Å². The summed E-state index contributed by atoms with van der Waals surface area (Å²) in [7, 11) is 1.68. The van der Waals surface area contributed by atoms with E-state index in [-0.39, 0.29) is 42.7 Å². The van der Waals surface area contributed by atoms with Crippen LogP contribution < -0.4 is 5.32 Å². The number of carbonyl (C=O) groups excluding carboxylic acids is 1. The number of aliphatic hydroxyl groups excluding tert-OH is 1. The van der Waals surface area contributed by atoms with Gasteiger partial charge in [-0.3, -0.25) is 9.78 Å². The summed E-state index contributed by atoms with van der Waals surface area (Å²) >= 11 is 0. The van der Waals surface area contributed by atoms with E-state index in [2.05, 4.69) is 10.3 Å². The molecule has 1 saturated carbocycles. The van der Waals surface area contributed by atoms with Crippen molar-refractivity contribution >= 4 is 5.91 Å². The molecule has 5 unspecified atom stereocenters. The number of nitrogens with zero attached hydrogens (tertiary/aromatic N) is 2. The topological polar surface area (TPSA) is 83.9 Å². The first-order valence-corrected chi connectivity index (χ1v) is 13.6. The summed E-state index contributed by atoms with van der Waals surface area (Å²) in [4.78, 5) is 18.7. The molecule has 5 atom stereocenters. The fourth-order valence-electron chi connectivity index (χ4n) is 5.55. The average Bonchev–Trinajstić information content (AvgIpc) is 3.41. The Morgan fingerprint density at radius 3 is 2.67 bits per heavy atom. The molecule has 1 saturated heterocycles. The first-order valence-electron chi connectivity index (χ1n) is 13.6. The van der Waals surface area contributed by atoms with Crippen LogP contribution in [0.4, 0.5) is 13.2 Å². The van der Waals surface area contributed by atoms with Gasteiger partial charge in [-0.25, -0.2) is 0 Å². The molecule has 1 aromatic carbocycles. The van der Waals surface area contributed by atoms with Gasteiger partial charge in [-0.2, -0.15) is 13.2 Å². The number of rotatable bonds is 5. The van der Waals surface area contributed by atoms with E-state index in [9.17, 15) is 18.0 Å². The third kappa shape index (κ3) is 7.78. The van der Waals surface area contributed by atoms with Gasteiger partial charge in [-0.15, -0.1) is 0 Å². The SMILES string of the molecule is CC(O)c1ccccc1.COC1COCCC1NC1CCC(C(=O)N2CCc3ncc(C(F)(F)F)cc3C2)C1. The summed E-state index contributed by atoms with van der Waals surface area (Å²) in [6.07, 6.45) is -0.0485. The molecular weight excluding hydrogens is 511 g/mol. The van der Waals surface area contributed by atoms with E-state index in [1.54, 1.807) is 18.9 Å². The van der Waals surface area contributed by atoms with Crippen LogP contribution in [0, 0.1) is 5.92 Å². The molecular formula is C29H38F3N3O4. The van der Waals surface area contributed by atoms with Crippen molar-refractivity contribution in [3.63, 3.8) is 0 Å². The van der Waals surface area contributed by atoms with Gasteiger partial charge in [-0.05, 0) is 49.8 Å². The summed E-state index contributed by atoms with van der Waals surface area (Å²) in [6.45, 7) is 3.74. The largest absolute Gasteiger partial charge is 0.417 e. The molecule has 3 aliphatic rings. The molecule has 39 heavy (non-hydrogen) atoms. The summed E-state index contributed by atoms with van der Waals surface area (Å²) < 4.78 is 50.0. The third-order valence-corrected chi connectivity index (χ3v) is 7.80. The molecule has 1 aliphatic carbocycles. The Balaban J connectivity index is 0.000000333. The minimum absolute atomic E-state index is 0.0161. The van der Waals surface area contributed by atoms with E-state index < -0.39 is 11.7 Å². The summed E-state index contributed by atoms with van der Waals surface area (Å²) in [5, 5.41) is 12.7. The van der Waals surface area contributed by atoms with Gasteiger partial charge in [0.2, 0.25) is 5.91 Å². The number of carbonyl (C=O) groups is 1. The van der Waals surface area contributed by atoms with E-state index in [0.717, 1.165) is 43.5 Å². The molecule has 2 fully saturated rings. The molecule has 0 radical (unpaired) electrons. The normalized spacial score (nSPS) is 25.8. The molecule has 0 spiro atoms. The molecule has 2 aliphatic heterocycles. The molecule has 3 heterocycles. The Labute approximate surface area is 227 Å². The van der Waals surface area contributed by atoms with Gasteiger partial charge in [0.05, 0.1) is 24.4 Å². The highest BCUT2D eigenvalue weighted by Gasteiger charge is 2.37. The Morgan fingerprint density at radius 2 is 2.00 bits per heavy atom. The van der Waals surface area contributed by atoms with Crippen molar-refractivity contribution in [3.8, 4) is 0 Å². The summed E-state index contributed by atoms with van der Waals surface area (Å²) in [6, 6.07) is 11.2. The van der Waals surface area contributed by atoms with Gasteiger partial charge in [-0.1, -0.05) is 30.3 Å². The lowest BCUT2D eigenvalue weighted by Gasteiger charge is -2.33. The molecule has 1 amide bonds. The second kappa shape index (κ2) is 13.2. The molecule has 5 rings (SSSR count). The second-order valence-corrected chi connectivity index (χ2v) is 10.5. The Morgan fingerprint density at radius 1 is 1.23 bits per heavy atom. The molecule has 1 aromatic heterocycles. The van der Waals surface area contributed by atoms with Crippen LogP contribution in [0.15, 0.2) is 42.6 Å². The number of aliphatic hydroxyl groups is 1. The number of benzene rings is 1. The standard InChI is InChI=1S/C21H28F3N3O3.C8H10O/c1-29-19-12-30-7-5-18(19)26-16-3-2-13(9-16)20(28)27-6-4-17-14(11-27)8-15(10-25-17)21(22,23)24;1-7(9)8-5-3-2-4-6-8/h8,10,13,16,18-19,26H,2-7,9,11-12H2,1H3;2-7,9H,1H3. The first kappa shape index (κ1) is 29.5. The minimum atomic E-state index is -4.43. The third-order valence-electron chi connectivity index (χ3n) is 7.80. The lowest BCUT2D eigenvalue weighted by atomic mass is 10.00. The van der Waals surface area contributed by atoms with E-state index in [0.29, 0.717) is 37.4 Å². The number of nitrogens with one attached hydrogen (secondary N) is 1. The Kier molecular flexibility index (Phi) is 9.98. The quantitative estimate of drug-likeness (QED) is 0.579. The van der Waals surface area contributed by atoms with Crippen LogP contribution in [0.5, 0.6) is 0 Å². The van der Waals surface area contributed by atoms with Crippen molar-refractivity contribution < 1.29 is 32.5 Å². The Bertz CT molecular complexity index is 1080. The van der Waals surface area contributed by atoms with Crippen molar-refractivity contribution in [2.75, 3.05) is 26.9 Å². The number of hydrogen-bond acceptors (Lipinski definition) is 6. The van der Waals surface area contributed by atoms with Gasteiger partial charge < -0.3 is 24.8 Å². The maximum absolute atomic E-state index is 13.1. The van der Waals surface area contributed by atoms with Crippen molar-refractivity contribution in [1.29, 1.82) is 0 Å². The predicted molar refractivity (Wildman–Crippen MR) is 140 cm³/mol. The van der Waals surface area contributed by atoms with Crippen LogP contribution >= 0.6 is 0 Å². The fraction of sp³-hybridized carbons (Fsp3) is 0.586. The van der Waals surface area contributed by atoms with Crippen LogP contribution in [0.25, 0.3) is 0 Å². The van der Waals surface area contributed by atoms with Crippen molar-refractivity contribution in [1.82, 2.24) is 15.2 Å². The van der Waals surface area contributed by atoms with Crippen LogP contribution in [-0.4, -0.2) is 66.0 Å². The zero-order valence-corrected chi connectivity index (χ0v) is 22.5. The number of ether oxygens (including phenoxy) is 2. The van der Waals surface area contributed by atoms with Gasteiger partial charge in [0.15, 0.2) is 0 Å². The summed E-state index contributed by atoms with van der Waals surface area (Å²) in [5.41, 5.74) is 1.37. The number of hydrogen-bond donors (Lipinski definition) is 2. The second-order valence-electron chi connectivity index (χ2n) is 10.5. The van der Waals surface area contributed by atoms with Crippen molar-refractivity contribution in [2.45, 2.75) is 76.0 Å². The fourth-order valence-corrected chi connectivity index (χ4v) is 5.55. The summed E-state index contributed by atoms with van der Waals surface area (Å²) in [5.74, 6) is -0.0544. The maximum atomic E-state index is 13.1. The maximum Gasteiger partial charge on any atom is 0.417 e. The van der Waals surface area contributed by atoms with Crippen LogP contribution in [0.2, 0.25) is 0 Å². The van der Waals surface area contributed by atoms with E-state index in [1.807, 2.05) is 30.3 Å². The molecule has 10 heteroatoms. The highest BCUT2D eigenvalue weighted by molar-refractivity contribution is 5.79. The number of halogens is 3. The van der Waals surface area contributed by atoms with Gasteiger partial charge in [0.25, 0.3) is 0 Å². The predicted octanol–water partition coefficient (Wildman–Crippen LogP) is 4.29. The zero-order valence-electron chi connectivity index (χ0n) is 22.5. The lowest BCUT2D eigenvalue weighted by Crippen LogP contribution is -2.50. The Hall–Kier alpha value is -2.53. The highest BCUT2D eigenvalue weighted by Crippen LogP contribution is 2.33. The van der Waals surface area contributed by atoms with E-state index in [4.69, 9.17) is 14.6 Å². The van der Waals surface area contributed by atoms with Crippen molar-refractivity contribution in [3.05, 3.63) is 65.0 Å². The smallest absolute Gasteiger partial charge is 0.389 e. The molecule has 0 bridgehead atoms. The number of fused-ring (bicyclic) bond motifs is 1. The average molecular weight is 550 g/mol. The van der Waals surface area contributed by atoms with Crippen LogP contribution in [0.3, 0.4) is 0 Å². The molecule has 7 nitrogen and oxygen atoms in total. The number of alkyl halides is 3. The van der Waals surface area contributed by atoms with E-state index in [1.165, 1.54) is 0 Å². The molecule has 214 valence electrons. The molecule has 2 N–H and O–H groups in total. The monoisotopic (exact) mass is 549 g/mol. The number of aromatic nitrogens is 1. The first-order chi connectivity index (χ1) is 18.7. The van der Waals surface area contributed by atoms with Gasteiger partial charge >= 0.3 is 6.18 Å². The number of pyridine rings is 1. The minimum Gasteiger partial charge on any atom is -0.389 e. The van der Waals surface area contributed by atoms with Gasteiger partial charge in [0, 0.05) is 63.1 Å². The van der Waals surface area contributed by atoms with Crippen LogP contribution in [-0.2, 0) is 33.4 Å². The highest BCUT2D eigenvalue weighted by atomic mass is 19.4. The number of amides is 1. The van der Waals surface area contributed by atoms with Crippen molar-refractivity contribution in [2.24, 2.45) is 5.92 Å².